The van der Waals surface area contributed by atoms with Gasteiger partial charge in [-0.15, -0.1) is 0 Å². The summed E-state index contributed by atoms with van der Waals surface area (Å²) < 4.78 is 5.89. The van der Waals surface area contributed by atoms with Gasteiger partial charge in [0.1, 0.15) is 6.10 Å². The van der Waals surface area contributed by atoms with Crippen molar-refractivity contribution in [2.45, 2.75) is 137 Å². The van der Waals surface area contributed by atoms with Gasteiger partial charge >= 0.3 is 5.97 Å². The van der Waals surface area contributed by atoms with E-state index in [1.807, 2.05) is 19.9 Å². The van der Waals surface area contributed by atoms with Gasteiger partial charge in [0.2, 0.25) is 0 Å². The van der Waals surface area contributed by atoms with E-state index in [1.54, 1.807) is 5.57 Å². The molecule has 3 fully saturated rings. The molecule has 4 aliphatic carbocycles. The molecule has 7 atom stereocenters. The Balaban J connectivity index is 1.38. The largest absolute Gasteiger partial charge is 0.459 e. The minimum Gasteiger partial charge on any atom is -0.459 e. The second-order valence-electron chi connectivity index (χ2n) is 12.9. The number of carbonyl (C=O) groups is 1. The monoisotopic (exact) mass is 468 g/mol. The number of fused-ring (bicyclic) bond motifs is 5. The number of hydrogen-bond donors (Lipinski definition) is 0. The molecule has 0 bridgehead atoms. The van der Waals surface area contributed by atoms with Crippen LogP contribution in [0.3, 0.4) is 0 Å². The fourth-order valence-corrected chi connectivity index (χ4v) is 8.84. The van der Waals surface area contributed by atoms with Crippen molar-refractivity contribution in [2.75, 3.05) is 0 Å². The van der Waals surface area contributed by atoms with Crippen molar-refractivity contribution in [3.8, 4) is 0 Å². The van der Waals surface area contributed by atoms with Gasteiger partial charge in [-0.05, 0) is 99.7 Å². The fraction of sp³-hybridized carbons (Fsp3) is 0.844. The average molecular weight is 469 g/mol. The maximum atomic E-state index is 12.3. The molecule has 0 amide bonds. The Labute approximate surface area is 210 Å². The number of ether oxygens (including phenoxy) is 1. The summed E-state index contributed by atoms with van der Waals surface area (Å²) in [6.45, 7) is 11.3. The van der Waals surface area contributed by atoms with Gasteiger partial charge in [-0.2, -0.15) is 0 Å². The molecule has 0 aromatic carbocycles. The quantitative estimate of drug-likeness (QED) is 0.146. The second kappa shape index (κ2) is 10.9. The normalized spacial score (nSPS) is 39.6. The fourth-order valence-electron chi connectivity index (χ4n) is 8.84. The Hall–Kier alpha value is -1.05. The summed E-state index contributed by atoms with van der Waals surface area (Å²) in [7, 11) is 0. The van der Waals surface area contributed by atoms with Gasteiger partial charge in [0.05, 0.1) is 0 Å². The van der Waals surface area contributed by atoms with E-state index in [0.29, 0.717) is 10.8 Å². The molecule has 2 nitrogen and oxygen atoms in total. The molecule has 0 N–H and O–H groups in total. The van der Waals surface area contributed by atoms with E-state index in [4.69, 9.17) is 4.74 Å². The number of unbranched alkanes of at least 4 members (excludes halogenated alkanes) is 5. The molecular weight excluding hydrogens is 416 g/mol. The van der Waals surface area contributed by atoms with Crippen LogP contribution in [0.1, 0.15) is 131 Å². The standard InChI is InChI=1S/C32H52O2/c1-6-8-9-10-11-12-13-24-15-17-28-27-16-14-25-22-26(34-30(33)23(3)7-2)18-20-32(25,5)29(27)19-21-31(24,28)4/h7,14,24,26-29H,6,8-13,15-22H2,1-5H3/t24-,26-,27-,28-,29-,31+,32-/m0/s1. The van der Waals surface area contributed by atoms with Gasteiger partial charge < -0.3 is 4.74 Å². The molecule has 0 unspecified atom stereocenters. The Kier molecular flexibility index (Phi) is 8.36. The molecule has 34 heavy (non-hydrogen) atoms. The Morgan fingerprint density at radius 2 is 1.79 bits per heavy atom. The van der Waals surface area contributed by atoms with Crippen molar-refractivity contribution in [1.29, 1.82) is 0 Å². The molecule has 2 heteroatoms. The van der Waals surface area contributed by atoms with E-state index in [9.17, 15) is 4.79 Å². The lowest BCUT2D eigenvalue weighted by Gasteiger charge is -2.58. The molecule has 0 radical (unpaired) electrons. The first-order valence-electron chi connectivity index (χ1n) is 14.9. The van der Waals surface area contributed by atoms with Crippen LogP contribution in [0.15, 0.2) is 23.3 Å². The lowest BCUT2D eigenvalue weighted by Crippen LogP contribution is -2.50. The number of hydrogen-bond acceptors (Lipinski definition) is 2. The van der Waals surface area contributed by atoms with Crippen LogP contribution in [0, 0.1) is 34.5 Å². The smallest absolute Gasteiger partial charge is 0.333 e. The third-order valence-corrected chi connectivity index (χ3v) is 11.2. The topological polar surface area (TPSA) is 26.3 Å². The van der Waals surface area contributed by atoms with Crippen LogP contribution >= 0.6 is 0 Å². The van der Waals surface area contributed by atoms with E-state index in [1.165, 1.54) is 83.5 Å². The van der Waals surface area contributed by atoms with Crippen LogP contribution in [0.5, 0.6) is 0 Å². The highest BCUT2D eigenvalue weighted by atomic mass is 16.5. The third kappa shape index (κ3) is 4.94. The van der Waals surface area contributed by atoms with Crippen molar-refractivity contribution < 1.29 is 9.53 Å². The Bertz CT molecular complexity index is 778. The molecule has 0 heterocycles. The lowest BCUT2D eigenvalue weighted by atomic mass is 9.47. The van der Waals surface area contributed by atoms with Crippen molar-refractivity contribution >= 4 is 5.97 Å². The molecule has 0 saturated heterocycles. The van der Waals surface area contributed by atoms with Gasteiger partial charge in [-0.25, -0.2) is 4.79 Å². The van der Waals surface area contributed by atoms with E-state index >= 15 is 0 Å². The SMILES string of the molecule is CC=C(C)C(=O)O[C@H]1CC[C@@]2(C)C(=CC[C@H]3[C@@H]4CC[C@H](CCCCCCCC)[C@@]4(C)CC[C@@H]32)C1. The molecule has 4 rings (SSSR count). The Morgan fingerprint density at radius 3 is 2.56 bits per heavy atom. The summed E-state index contributed by atoms with van der Waals surface area (Å²) in [5.41, 5.74) is 3.26. The summed E-state index contributed by atoms with van der Waals surface area (Å²) in [5.74, 6) is 3.49. The number of carbonyl (C=O) groups excluding carboxylic acids is 1. The predicted octanol–water partition coefficient (Wildman–Crippen LogP) is 9.19. The molecule has 3 saturated carbocycles. The zero-order valence-electron chi connectivity index (χ0n) is 23.0. The third-order valence-electron chi connectivity index (χ3n) is 11.2. The zero-order valence-corrected chi connectivity index (χ0v) is 23.0. The lowest BCUT2D eigenvalue weighted by molar-refractivity contribution is -0.146. The van der Waals surface area contributed by atoms with Gasteiger partial charge in [0.15, 0.2) is 0 Å². The maximum Gasteiger partial charge on any atom is 0.333 e. The number of rotatable bonds is 9. The summed E-state index contributed by atoms with van der Waals surface area (Å²) in [4.78, 5) is 12.3. The summed E-state index contributed by atoms with van der Waals surface area (Å²) >= 11 is 0. The molecule has 0 aromatic heterocycles. The first kappa shape index (κ1) is 26.0. The van der Waals surface area contributed by atoms with Crippen LogP contribution < -0.4 is 0 Å². The minimum absolute atomic E-state index is 0.0697. The first-order valence-corrected chi connectivity index (χ1v) is 14.9. The Morgan fingerprint density at radius 1 is 1.03 bits per heavy atom. The highest BCUT2D eigenvalue weighted by Crippen LogP contribution is 2.66. The average Bonchev–Trinajstić information content (AvgIpc) is 3.17. The van der Waals surface area contributed by atoms with Gasteiger partial charge in [-0.1, -0.05) is 77.0 Å². The van der Waals surface area contributed by atoms with Gasteiger partial charge in [-0.3, -0.25) is 0 Å². The first-order chi connectivity index (χ1) is 16.3. The van der Waals surface area contributed by atoms with Crippen LogP contribution in [-0.4, -0.2) is 12.1 Å². The second-order valence-corrected chi connectivity index (χ2v) is 12.9. The van der Waals surface area contributed by atoms with Crippen LogP contribution in [0.4, 0.5) is 0 Å². The summed E-state index contributed by atoms with van der Waals surface area (Å²) in [5, 5.41) is 0. The molecule has 192 valence electrons. The number of esters is 1. The highest BCUT2D eigenvalue weighted by molar-refractivity contribution is 5.87. The van der Waals surface area contributed by atoms with Gasteiger partial charge in [0, 0.05) is 12.0 Å². The van der Waals surface area contributed by atoms with Crippen molar-refractivity contribution in [3.63, 3.8) is 0 Å². The van der Waals surface area contributed by atoms with Crippen molar-refractivity contribution in [2.24, 2.45) is 34.5 Å². The molecule has 4 aliphatic rings. The van der Waals surface area contributed by atoms with Crippen LogP contribution in [0.25, 0.3) is 0 Å². The van der Waals surface area contributed by atoms with E-state index in [2.05, 4.69) is 26.8 Å². The van der Waals surface area contributed by atoms with Crippen LogP contribution in [-0.2, 0) is 9.53 Å². The minimum atomic E-state index is -0.124. The van der Waals surface area contributed by atoms with Crippen molar-refractivity contribution in [3.05, 3.63) is 23.3 Å². The number of allylic oxidation sites excluding steroid dienone is 2. The molecular formula is C32H52O2. The van der Waals surface area contributed by atoms with E-state index < -0.39 is 0 Å². The molecule has 0 spiro atoms. The highest BCUT2D eigenvalue weighted by Gasteiger charge is 2.58. The van der Waals surface area contributed by atoms with E-state index in [0.717, 1.165) is 42.1 Å². The summed E-state index contributed by atoms with van der Waals surface area (Å²) in [6.07, 6.45) is 24.8. The van der Waals surface area contributed by atoms with Crippen LogP contribution in [0.2, 0.25) is 0 Å². The molecule has 0 aliphatic heterocycles. The van der Waals surface area contributed by atoms with E-state index in [-0.39, 0.29) is 12.1 Å². The molecule has 0 aromatic rings. The zero-order chi connectivity index (χ0) is 24.3. The summed E-state index contributed by atoms with van der Waals surface area (Å²) in [6, 6.07) is 0. The predicted molar refractivity (Wildman–Crippen MR) is 142 cm³/mol. The van der Waals surface area contributed by atoms with Crippen molar-refractivity contribution in [1.82, 2.24) is 0 Å². The van der Waals surface area contributed by atoms with Gasteiger partial charge in [0.25, 0.3) is 0 Å². The maximum absolute atomic E-state index is 12.3.